The summed E-state index contributed by atoms with van der Waals surface area (Å²) in [6, 6.07) is 3.99. The van der Waals surface area contributed by atoms with Gasteiger partial charge in [0.2, 0.25) is 0 Å². The predicted octanol–water partition coefficient (Wildman–Crippen LogP) is -2.75. The summed E-state index contributed by atoms with van der Waals surface area (Å²) in [6.07, 6.45) is -1.74. The molecule has 0 radical (unpaired) electrons. The normalized spacial score (nSPS) is 15.4. The number of aliphatic carboxylic acids is 1. The molecule has 2 atom stereocenters. The first-order chi connectivity index (χ1) is 15.1. The van der Waals surface area contributed by atoms with Gasteiger partial charge in [-0.25, -0.2) is 4.39 Å². The molecule has 2 aromatic rings. The van der Waals surface area contributed by atoms with Crippen LogP contribution in [-0.4, -0.2) is 51.7 Å². The largest absolute Gasteiger partial charge is 1.00 e. The maximum absolute atomic E-state index is 13.7. The summed E-state index contributed by atoms with van der Waals surface area (Å²) in [5.74, 6) is -2.79. The number of anilines is 1. The third-order valence-electron chi connectivity index (χ3n) is 5.20. The van der Waals surface area contributed by atoms with E-state index in [0.717, 1.165) is 0 Å². The molecule has 0 aliphatic carbocycles. The zero-order valence-corrected chi connectivity index (χ0v) is 20.5. The molecule has 1 aliphatic heterocycles. The van der Waals surface area contributed by atoms with E-state index in [9.17, 15) is 34.1 Å². The number of amides is 2. The van der Waals surface area contributed by atoms with Crippen LogP contribution in [0.4, 0.5) is 10.1 Å². The number of aryl methyl sites for hydroxylation is 1. The number of carboxylic acid groups (broad SMARTS) is 1. The van der Waals surface area contributed by atoms with Crippen molar-refractivity contribution in [1.29, 1.82) is 0 Å². The van der Waals surface area contributed by atoms with Crippen molar-refractivity contribution in [2.24, 2.45) is 0 Å². The van der Waals surface area contributed by atoms with E-state index in [1.165, 1.54) is 18.2 Å². The molecule has 0 unspecified atom stereocenters. The third-order valence-corrected chi connectivity index (χ3v) is 5.20. The van der Waals surface area contributed by atoms with Gasteiger partial charge in [0, 0.05) is 48.0 Å². The molecular formula is C22H23FN3NaO6. The Hall–Kier alpha value is -2.50. The second kappa shape index (κ2) is 11.1. The molecule has 33 heavy (non-hydrogen) atoms. The first kappa shape index (κ1) is 26.7. The fourth-order valence-corrected chi connectivity index (χ4v) is 3.68. The summed E-state index contributed by atoms with van der Waals surface area (Å²) in [5, 5.41) is 35.2. The first-order valence-corrected chi connectivity index (χ1v) is 9.93. The van der Waals surface area contributed by atoms with Crippen molar-refractivity contribution in [2.75, 3.05) is 11.9 Å². The SMILES string of the molecule is Cc1[nH]c(/C=C2\C(=O)Nc3ccc(F)cc32)c(C)c1C(=O)NC[C@@H](O)C[C@@H](O)CC(=O)[O-].[Na+]. The minimum atomic E-state index is -1.43. The van der Waals surface area contributed by atoms with E-state index in [-0.39, 0.29) is 54.0 Å². The zero-order valence-electron chi connectivity index (χ0n) is 18.5. The van der Waals surface area contributed by atoms with Crippen molar-refractivity contribution in [3.8, 4) is 0 Å². The Bertz CT molecular complexity index is 1110. The van der Waals surface area contributed by atoms with Crippen molar-refractivity contribution in [3.05, 3.63) is 52.1 Å². The average molecular weight is 467 g/mol. The van der Waals surface area contributed by atoms with Gasteiger partial charge in [-0.15, -0.1) is 0 Å². The molecule has 1 aliphatic rings. The number of carbonyl (C=O) groups excluding carboxylic acids is 3. The molecule has 5 N–H and O–H groups in total. The summed E-state index contributed by atoms with van der Waals surface area (Å²) >= 11 is 0. The van der Waals surface area contributed by atoms with Crippen LogP contribution in [0.15, 0.2) is 18.2 Å². The van der Waals surface area contributed by atoms with Crippen LogP contribution in [0.1, 0.15) is 45.7 Å². The number of carbonyl (C=O) groups is 3. The second-order valence-electron chi connectivity index (χ2n) is 7.70. The van der Waals surface area contributed by atoms with Crippen molar-refractivity contribution >= 4 is 35.1 Å². The van der Waals surface area contributed by atoms with Crippen molar-refractivity contribution < 1.29 is 63.7 Å². The van der Waals surface area contributed by atoms with Gasteiger partial charge < -0.3 is 35.7 Å². The number of aliphatic hydroxyl groups is 2. The predicted molar refractivity (Wildman–Crippen MR) is 112 cm³/mol. The number of hydrogen-bond donors (Lipinski definition) is 5. The summed E-state index contributed by atoms with van der Waals surface area (Å²) in [4.78, 5) is 38.5. The Morgan fingerprint density at radius 3 is 2.61 bits per heavy atom. The van der Waals surface area contributed by atoms with Gasteiger partial charge in [-0.05, 0) is 43.7 Å². The monoisotopic (exact) mass is 467 g/mol. The fourth-order valence-electron chi connectivity index (χ4n) is 3.68. The van der Waals surface area contributed by atoms with Gasteiger partial charge in [-0.3, -0.25) is 9.59 Å². The number of halogens is 1. The molecular weight excluding hydrogens is 444 g/mol. The number of H-pyrrole nitrogens is 1. The molecule has 11 heteroatoms. The Morgan fingerprint density at radius 2 is 1.94 bits per heavy atom. The standard InChI is InChI=1S/C22H24FN3O6.Na/c1-10-18(8-16-15-5-12(23)3-4-17(15)26-21(16)31)25-11(2)20(10)22(32)24-9-14(28)6-13(27)7-19(29)30;/h3-5,8,13-14,25,27-28H,6-7,9H2,1-2H3,(H,24,32)(H,26,31)(H,29,30);/q;+1/p-1/b16-8-;/t13-,14+;/m1./s1. The molecule has 0 saturated carbocycles. The van der Waals surface area contributed by atoms with Crippen molar-refractivity contribution in [1.82, 2.24) is 10.3 Å². The van der Waals surface area contributed by atoms with E-state index in [1.54, 1.807) is 19.9 Å². The van der Waals surface area contributed by atoms with E-state index >= 15 is 0 Å². The molecule has 1 aromatic carbocycles. The van der Waals surface area contributed by atoms with E-state index < -0.39 is 36.3 Å². The zero-order chi connectivity index (χ0) is 23.6. The second-order valence-corrected chi connectivity index (χ2v) is 7.70. The number of rotatable bonds is 8. The van der Waals surface area contributed by atoms with Gasteiger partial charge in [0.1, 0.15) is 5.82 Å². The molecule has 0 fully saturated rings. The van der Waals surface area contributed by atoms with Crippen LogP contribution in [0.25, 0.3) is 11.6 Å². The quantitative estimate of drug-likeness (QED) is 0.210. The Labute approximate surface area is 211 Å². The number of aliphatic hydroxyl groups excluding tert-OH is 2. The van der Waals surface area contributed by atoms with Crippen molar-refractivity contribution in [3.63, 3.8) is 0 Å². The third kappa shape index (κ3) is 6.30. The fraction of sp³-hybridized carbons (Fsp3) is 0.318. The summed E-state index contributed by atoms with van der Waals surface area (Å²) in [6.45, 7) is 3.16. The summed E-state index contributed by atoms with van der Waals surface area (Å²) < 4.78 is 13.7. The van der Waals surface area contributed by atoms with Crippen LogP contribution < -0.4 is 45.3 Å². The number of aromatic amines is 1. The molecule has 2 heterocycles. The van der Waals surface area contributed by atoms with Crippen LogP contribution in [0, 0.1) is 19.7 Å². The van der Waals surface area contributed by atoms with Crippen LogP contribution in [0.3, 0.4) is 0 Å². The average Bonchev–Trinajstić information content (AvgIpc) is 3.15. The van der Waals surface area contributed by atoms with Gasteiger partial charge in [0.25, 0.3) is 11.8 Å². The molecule has 3 rings (SSSR count). The molecule has 0 bridgehead atoms. The number of hydrogen-bond acceptors (Lipinski definition) is 6. The number of fused-ring (bicyclic) bond motifs is 1. The molecule has 1 aromatic heterocycles. The Balaban J connectivity index is 0.00000385. The number of carboxylic acids is 1. The number of nitrogens with one attached hydrogen (secondary N) is 3. The molecule has 170 valence electrons. The maximum Gasteiger partial charge on any atom is 1.00 e. The van der Waals surface area contributed by atoms with E-state index in [4.69, 9.17) is 0 Å². The Morgan fingerprint density at radius 1 is 1.24 bits per heavy atom. The van der Waals surface area contributed by atoms with E-state index in [2.05, 4.69) is 15.6 Å². The molecule has 0 saturated heterocycles. The summed E-state index contributed by atoms with van der Waals surface area (Å²) in [5.41, 5.74) is 3.07. The minimum absolute atomic E-state index is 0. The van der Waals surface area contributed by atoms with Crippen LogP contribution >= 0.6 is 0 Å². The van der Waals surface area contributed by atoms with Crippen LogP contribution in [0.5, 0.6) is 0 Å². The maximum atomic E-state index is 13.7. The van der Waals surface area contributed by atoms with E-state index in [0.29, 0.717) is 33.8 Å². The van der Waals surface area contributed by atoms with Gasteiger partial charge in [0.05, 0.1) is 23.3 Å². The first-order valence-electron chi connectivity index (χ1n) is 9.93. The van der Waals surface area contributed by atoms with Crippen LogP contribution in [-0.2, 0) is 9.59 Å². The number of aromatic nitrogens is 1. The van der Waals surface area contributed by atoms with Gasteiger partial charge in [-0.2, -0.15) is 0 Å². The van der Waals surface area contributed by atoms with Gasteiger partial charge in [-0.1, -0.05) is 0 Å². The Kier molecular flexibility index (Phi) is 8.98. The topological polar surface area (TPSA) is 155 Å². The smallest absolute Gasteiger partial charge is 0.550 e. The molecule has 9 nitrogen and oxygen atoms in total. The number of benzene rings is 1. The van der Waals surface area contributed by atoms with Crippen LogP contribution in [0.2, 0.25) is 0 Å². The van der Waals surface area contributed by atoms with Crippen molar-refractivity contribution in [2.45, 2.75) is 38.9 Å². The van der Waals surface area contributed by atoms with Gasteiger partial charge >= 0.3 is 29.6 Å². The molecule has 0 spiro atoms. The molecule has 2 amide bonds. The van der Waals surface area contributed by atoms with Gasteiger partial charge in [0.15, 0.2) is 0 Å². The summed E-state index contributed by atoms with van der Waals surface area (Å²) in [7, 11) is 0. The van der Waals surface area contributed by atoms with E-state index in [1.807, 2.05) is 0 Å². The minimum Gasteiger partial charge on any atom is -0.550 e.